The van der Waals surface area contributed by atoms with Gasteiger partial charge in [-0.2, -0.15) is 0 Å². The second kappa shape index (κ2) is 8.99. The van der Waals surface area contributed by atoms with Gasteiger partial charge in [-0.05, 0) is 67.6 Å². The van der Waals surface area contributed by atoms with Crippen LogP contribution in [-0.2, 0) is 0 Å². The summed E-state index contributed by atoms with van der Waals surface area (Å²) >= 11 is 0. The Morgan fingerprint density at radius 2 is 1.85 bits per heavy atom. The number of piperidine rings is 1. The van der Waals surface area contributed by atoms with Gasteiger partial charge < -0.3 is 5.11 Å². The zero-order valence-electron chi connectivity index (χ0n) is 16.9. The number of fused-ring (bicyclic) bond motifs is 1. The molecular weight excluding hydrogens is 334 g/mol. The highest BCUT2D eigenvalue weighted by molar-refractivity contribution is 6.02. The Labute approximate surface area is 163 Å². The normalized spacial score (nSPS) is 21.9. The maximum Gasteiger partial charge on any atom is 0.167 e. The molecule has 27 heavy (non-hydrogen) atoms. The van der Waals surface area contributed by atoms with Crippen LogP contribution in [-0.4, -0.2) is 34.9 Å². The van der Waals surface area contributed by atoms with E-state index in [0.717, 1.165) is 47.8 Å². The number of carbonyl (C=O) groups is 1. The molecule has 1 saturated carbocycles. The predicted molar refractivity (Wildman–Crippen MR) is 112 cm³/mol. The van der Waals surface area contributed by atoms with E-state index in [2.05, 4.69) is 4.90 Å². The average Bonchev–Trinajstić information content (AvgIpc) is 2.67. The van der Waals surface area contributed by atoms with Gasteiger partial charge in [-0.25, -0.2) is 0 Å². The van der Waals surface area contributed by atoms with Crippen molar-refractivity contribution in [3.05, 3.63) is 47.5 Å². The molecule has 1 heterocycles. The molecule has 1 saturated heterocycles. The molecule has 2 unspecified atom stereocenters. The molecule has 1 N–H and O–H groups in total. The molecule has 1 aliphatic carbocycles. The zero-order valence-corrected chi connectivity index (χ0v) is 16.9. The fraction of sp³-hybridized carbons (Fsp3) is 0.542. The minimum Gasteiger partial charge on any atom is -0.389 e. The van der Waals surface area contributed by atoms with Crippen molar-refractivity contribution in [2.24, 2.45) is 5.92 Å². The quantitative estimate of drug-likeness (QED) is 0.739. The standard InChI is InChI=1S/C22H27NO2.C2H6/c1-15(24)21-13-18(12-16-6-2-3-10-20(16)21)22(25)17-7-5-11-23(14-17)19-8-4-9-19;1-2/h2-3,6,10,12-13,15,17,19,24H,4-5,7-9,11,14H2,1H3;1-2H3. The van der Waals surface area contributed by atoms with Crippen molar-refractivity contribution in [1.29, 1.82) is 0 Å². The van der Waals surface area contributed by atoms with Crippen LogP contribution in [0.25, 0.3) is 10.8 Å². The van der Waals surface area contributed by atoms with Crippen molar-refractivity contribution in [3.63, 3.8) is 0 Å². The van der Waals surface area contributed by atoms with Gasteiger partial charge in [0.1, 0.15) is 0 Å². The van der Waals surface area contributed by atoms with Crippen molar-refractivity contribution in [3.8, 4) is 0 Å². The van der Waals surface area contributed by atoms with E-state index in [9.17, 15) is 9.90 Å². The Morgan fingerprint density at radius 1 is 1.11 bits per heavy atom. The summed E-state index contributed by atoms with van der Waals surface area (Å²) in [6, 6.07) is 12.6. The molecule has 3 heteroatoms. The first-order chi connectivity index (χ1) is 13.1. The van der Waals surface area contributed by atoms with E-state index in [0.29, 0.717) is 6.04 Å². The van der Waals surface area contributed by atoms with Gasteiger partial charge in [0.25, 0.3) is 0 Å². The molecule has 0 bridgehead atoms. The summed E-state index contributed by atoms with van der Waals surface area (Å²) in [6.07, 6.45) is 5.45. The lowest BCUT2D eigenvalue weighted by atomic mass is 9.84. The van der Waals surface area contributed by atoms with Crippen LogP contribution >= 0.6 is 0 Å². The molecular formula is C24H33NO2. The van der Waals surface area contributed by atoms with E-state index in [-0.39, 0.29) is 11.7 Å². The molecule has 2 fully saturated rings. The summed E-state index contributed by atoms with van der Waals surface area (Å²) in [4.78, 5) is 15.7. The van der Waals surface area contributed by atoms with E-state index in [1.54, 1.807) is 6.92 Å². The smallest absolute Gasteiger partial charge is 0.167 e. The molecule has 0 spiro atoms. The van der Waals surface area contributed by atoms with Crippen molar-refractivity contribution >= 4 is 16.6 Å². The maximum atomic E-state index is 13.2. The second-order valence-corrected chi connectivity index (χ2v) is 7.75. The van der Waals surface area contributed by atoms with Crippen LogP contribution in [0.5, 0.6) is 0 Å². The van der Waals surface area contributed by atoms with Crippen LogP contribution in [0.2, 0.25) is 0 Å². The summed E-state index contributed by atoms with van der Waals surface area (Å²) in [5, 5.41) is 12.2. The van der Waals surface area contributed by atoms with Crippen LogP contribution in [0.3, 0.4) is 0 Å². The first-order valence-corrected chi connectivity index (χ1v) is 10.6. The van der Waals surface area contributed by atoms with E-state index in [1.165, 1.54) is 19.3 Å². The average molecular weight is 368 g/mol. The largest absolute Gasteiger partial charge is 0.389 e. The molecule has 2 atom stereocenters. The minimum atomic E-state index is -0.574. The number of aliphatic hydroxyl groups is 1. The monoisotopic (exact) mass is 367 g/mol. The summed E-state index contributed by atoms with van der Waals surface area (Å²) in [7, 11) is 0. The number of benzene rings is 2. The highest BCUT2D eigenvalue weighted by Gasteiger charge is 2.32. The third-order valence-electron chi connectivity index (χ3n) is 6.04. The van der Waals surface area contributed by atoms with Crippen molar-refractivity contribution in [1.82, 2.24) is 4.90 Å². The van der Waals surface area contributed by atoms with Crippen LogP contribution in [0, 0.1) is 5.92 Å². The number of hydrogen-bond donors (Lipinski definition) is 1. The summed E-state index contributed by atoms with van der Waals surface area (Å²) < 4.78 is 0. The third-order valence-corrected chi connectivity index (χ3v) is 6.04. The topological polar surface area (TPSA) is 40.5 Å². The molecule has 1 aliphatic heterocycles. The number of ketones is 1. The number of rotatable bonds is 4. The molecule has 3 nitrogen and oxygen atoms in total. The minimum absolute atomic E-state index is 0.0948. The SMILES string of the molecule is CC.CC(O)c1cc(C(=O)C2CCCN(C3CCC3)C2)cc2ccccc12. The number of carbonyl (C=O) groups excluding carboxylic acids is 1. The number of aliphatic hydroxyl groups excluding tert-OH is 1. The second-order valence-electron chi connectivity index (χ2n) is 7.75. The molecule has 146 valence electrons. The van der Waals surface area contributed by atoms with Gasteiger partial charge in [0.2, 0.25) is 0 Å². The predicted octanol–water partition coefficient (Wildman–Crippen LogP) is 5.37. The first kappa shape index (κ1) is 20.0. The van der Waals surface area contributed by atoms with Crippen LogP contribution < -0.4 is 0 Å². The van der Waals surface area contributed by atoms with Crippen LogP contribution in [0.1, 0.15) is 74.9 Å². The van der Waals surface area contributed by atoms with Crippen LogP contribution in [0.4, 0.5) is 0 Å². The van der Waals surface area contributed by atoms with Gasteiger partial charge in [-0.15, -0.1) is 0 Å². The molecule has 2 aliphatic rings. The van der Waals surface area contributed by atoms with E-state index in [4.69, 9.17) is 0 Å². The fourth-order valence-electron chi connectivity index (χ4n) is 4.37. The van der Waals surface area contributed by atoms with Gasteiger partial charge in [-0.3, -0.25) is 9.69 Å². The van der Waals surface area contributed by atoms with Crippen molar-refractivity contribution in [2.75, 3.05) is 13.1 Å². The lowest BCUT2D eigenvalue weighted by Crippen LogP contribution is -2.47. The highest BCUT2D eigenvalue weighted by Crippen LogP contribution is 2.32. The summed E-state index contributed by atoms with van der Waals surface area (Å²) in [5.74, 6) is 0.342. The maximum absolute atomic E-state index is 13.2. The Bertz CT molecular complexity index is 779. The van der Waals surface area contributed by atoms with Gasteiger partial charge in [-0.1, -0.05) is 44.5 Å². The molecule has 0 amide bonds. The number of nitrogens with zero attached hydrogens (tertiary/aromatic N) is 1. The molecule has 2 aromatic carbocycles. The number of likely N-dealkylation sites (tertiary alicyclic amines) is 1. The Kier molecular flexibility index (Phi) is 6.67. The van der Waals surface area contributed by atoms with E-state index in [1.807, 2.05) is 50.2 Å². The summed E-state index contributed by atoms with van der Waals surface area (Å²) in [5.41, 5.74) is 1.61. The Morgan fingerprint density at radius 3 is 2.52 bits per heavy atom. The Hall–Kier alpha value is -1.71. The fourth-order valence-corrected chi connectivity index (χ4v) is 4.37. The van der Waals surface area contributed by atoms with Gasteiger partial charge in [0.15, 0.2) is 5.78 Å². The summed E-state index contributed by atoms with van der Waals surface area (Å²) in [6.45, 7) is 7.82. The van der Waals surface area contributed by atoms with Crippen molar-refractivity contribution in [2.45, 2.75) is 65.0 Å². The first-order valence-electron chi connectivity index (χ1n) is 10.6. The highest BCUT2D eigenvalue weighted by atomic mass is 16.3. The van der Waals surface area contributed by atoms with Gasteiger partial charge in [0, 0.05) is 24.1 Å². The third kappa shape index (κ3) is 4.25. The van der Waals surface area contributed by atoms with E-state index >= 15 is 0 Å². The number of hydrogen-bond acceptors (Lipinski definition) is 3. The lowest BCUT2D eigenvalue weighted by molar-refractivity contribution is 0.0612. The molecule has 0 radical (unpaired) electrons. The van der Waals surface area contributed by atoms with Gasteiger partial charge in [0.05, 0.1) is 6.10 Å². The van der Waals surface area contributed by atoms with Crippen molar-refractivity contribution < 1.29 is 9.90 Å². The van der Waals surface area contributed by atoms with Gasteiger partial charge >= 0.3 is 0 Å². The molecule has 4 rings (SSSR count). The Balaban J connectivity index is 0.00000102. The van der Waals surface area contributed by atoms with E-state index < -0.39 is 6.10 Å². The van der Waals surface area contributed by atoms with Crippen LogP contribution in [0.15, 0.2) is 36.4 Å². The lowest BCUT2D eigenvalue weighted by Gasteiger charge is -2.42. The number of Topliss-reactive ketones (excluding diaryl/α,β-unsaturated/α-hetero) is 1. The molecule has 2 aromatic rings. The zero-order chi connectivity index (χ0) is 19.4. The molecule has 0 aromatic heterocycles.